The zero-order valence-corrected chi connectivity index (χ0v) is 23.8. The number of hydrogen-bond acceptors (Lipinski definition) is 7. The largest absolute Gasteiger partial charge is 0.491 e. The van der Waals surface area contributed by atoms with E-state index in [1.807, 2.05) is 86.6 Å². The summed E-state index contributed by atoms with van der Waals surface area (Å²) in [6, 6.07) is 25.2. The summed E-state index contributed by atoms with van der Waals surface area (Å²) in [5.41, 5.74) is 4.74. The number of nitrogens with one attached hydrogen (secondary N) is 1. The molecular weight excluding hydrogens is 516 g/mol. The van der Waals surface area contributed by atoms with Crippen LogP contribution >= 0.6 is 0 Å². The molecule has 1 fully saturated rings. The number of aliphatic hydroxyl groups is 1. The molecule has 0 unspecified atom stereocenters. The molecule has 8 nitrogen and oxygen atoms in total. The third kappa shape index (κ3) is 7.74. The Labute approximate surface area is 241 Å². The molecule has 0 aliphatic carbocycles. The van der Waals surface area contributed by atoms with Crippen molar-refractivity contribution in [2.24, 2.45) is 5.18 Å². The van der Waals surface area contributed by atoms with Gasteiger partial charge in [0, 0.05) is 48.8 Å². The van der Waals surface area contributed by atoms with Crippen molar-refractivity contribution < 1.29 is 14.6 Å². The second-order valence-corrected chi connectivity index (χ2v) is 9.74. The zero-order valence-electron chi connectivity index (χ0n) is 23.8. The molecule has 2 heterocycles. The molecule has 1 aliphatic heterocycles. The van der Waals surface area contributed by atoms with Crippen LogP contribution in [0.1, 0.15) is 48.2 Å². The van der Waals surface area contributed by atoms with Gasteiger partial charge in [-0.2, -0.15) is 4.91 Å². The van der Waals surface area contributed by atoms with E-state index in [1.165, 1.54) is 0 Å². The number of likely N-dealkylation sites (tertiary alicyclic amines) is 1. The topological polar surface area (TPSA) is 104 Å². The number of benzene rings is 3. The van der Waals surface area contributed by atoms with E-state index >= 15 is 0 Å². The van der Waals surface area contributed by atoms with E-state index in [0.717, 1.165) is 40.9 Å². The minimum atomic E-state index is -0.286. The van der Waals surface area contributed by atoms with Crippen LogP contribution in [0.3, 0.4) is 0 Å². The number of fused-ring (bicyclic) bond motifs is 1. The first kappa shape index (κ1) is 29.8. The molecule has 8 heteroatoms. The Morgan fingerprint density at radius 1 is 1.02 bits per heavy atom. The van der Waals surface area contributed by atoms with E-state index in [2.05, 4.69) is 15.4 Å². The van der Waals surface area contributed by atoms with E-state index in [4.69, 9.17) is 9.72 Å². The second kappa shape index (κ2) is 15.0. The number of carbonyl (C=O) groups excluding carboxylic acids is 1. The lowest BCUT2D eigenvalue weighted by molar-refractivity contribution is 0.0787. The maximum Gasteiger partial charge on any atom is 0.252 e. The number of piperidine rings is 1. The van der Waals surface area contributed by atoms with Gasteiger partial charge in [-0.3, -0.25) is 9.69 Å². The van der Waals surface area contributed by atoms with E-state index in [9.17, 15) is 14.8 Å². The molecule has 41 heavy (non-hydrogen) atoms. The number of rotatable bonds is 10. The minimum Gasteiger partial charge on any atom is -0.491 e. The Hall–Kier alpha value is -4.14. The summed E-state index contributed by atoms with van der Waals surface area (Å²) < 4.78 is 5.70. The maximum atomic E-state index is 14.0. The van der Waals surface area contributed by atoms with Gasteiger partial charge in [-0.05, 0) is 30.5 Å². The Morgan fingerprint density at radius 2 is 1.71 bits per heavy atom. The monoisotopic (exact) mass is 554 g/mol. The SMILES string of the molecule is CC.O=NCCOc1ccc2c(C(=O)NCc3ccccc3)c(CN3CCC(O)CC3)c(-c3ccccc3)nc2c1. The van der Waals surface area contributed by atoms with Gasteiger partial charge in [-0.15, -0.1) is 0 Å². The fourth-order valence-electron chi connectivity index (χ4n) is 4.99. The third-order valence-corrected chi connectivity index (χ3v) is 7.02. The average molecular weight is 555 g/mol. The number of pyridine rings is 1. The first-order valence-corrected chi connectivity index (χ1v) is 14.3. The highest BCUT2D eigenvalue weighted by Gasteiger charge is 2.25. The predicted octanol–water partition coefficient (Wildman–Crippen LogP) is 5.96. The molecule has 214 valence electrons. The summed E-state index contributed by atoms with van der Waals surface area (Å²) in [4.78, 5) is 31.8. The summed E-state index contributed by atoms with van der Waals surface area (Å²) in [6.07, 6.45) is 1.12. The first-order valence-electron chi connectivity index (χ1n) is 14.3. The van der Waals surface area contributed by atoms with Crippen LogP contribution < -0.4 is 10.1 Å². The van der Waals surface area contributed by atoms with Gasteiger partial charge in [0.2, 0.25) is 0 Å². The van der Waals surface area contributed by atoms with Gasteiger partial charge < -0.3 is 15.2 Å². The number of carbonyl (C=O) groups is 1. The highest BCUT2D eigenvalue weighted by Crippen LogP contribution is 2.33. The van der Waals surface area contributed by atoms with Gasteiger partial charge >= 0.3 is 0 Å². The molecule has 2 N–H and O–H groups in total. The Morgan fingerprint density at radius 3 is 2.39 bits per heavy atom. The van der Waals surface area contributed by atoms with Crippen molar-refractivity contribution in [3.63, 3.8) is 0 Å². The van der Waals surface area contributed by atoms with Gasteiger partial charge in [0.05, 0.1) is 22.9 Å². The lowest BCUT2D eigenvalue weighted by Crippen LogP contribution is -2.36. The molecule has 1 amide bonds. The quantitative estimate of drug-likeness (QED) is 0.185. The van der Waals surface area contributed by atoms with Crippen LogP contribution in [0.25, 0.3) is 22.2 Å². The number of ether oxygens (including phenoxy) is 1. The highest BCUT2D eigenvalue weighted by atomic mass is 16.5. The van der Waals surface area contributed by atoms with Crippen LogP contribution in [0.2, 0.25) is 0 Å². The molecule has 0 spiro atoms. The van der Waals surface area contributed by atoms with E-state index in [1.54, 1.807) is 6.07 Å². The number of aliphatic hydroxyl groups excluding tert-OH is 1. The Bertz CT molecular complexity index is 1420. The Kier molecular flexibility index (Phi) is 10.9. The first-order chi connectivity index (χ1) is 20.1. The fraction of sp³-hybridized carbons (Fsp3) is 0.333. The summed E-state index contributed by atoms with van der Waals surface area (Å²) >= 11 is 0. The molecule has 3 aromatic carbocycles. The van der Waals surface area contributed by atoms with Crippen LogP contribution in [0, 0.1) is 4.91 Å². The maximum absolute atomic E-state index is 14.0. The lowest BCUT2D eigenvalue weighted by Gasteiger charge is -2.31. The van der Waals surface area contributed by atoms with Crippen molar-refractivity contribution >= 4 is 16.8 Å². The van der Waals surface area contributed by atoms with Gasteiger partial charge in [0.1, 0.15) is 18.9 Å². The van der Waals surface area contributed by atoms with Crippen LogP contribution in [0.4, 0.5) is 0 Å². The molecule has 0 radical (unpaired) electrons. The van der Waals surface area contributed by atoms with Crippen molar-refractivity contribution in [3.8, 4) is 17.0 Å². The van der Waals surface area contributed by atoms with Crippen molar-refractivity contribution in [3.05, 3.63) is 100 Å². The third-order valence-electron chi connectivity index (χ3n) is 7.02. The summed E-state index contributed by atoms with van der Waals surface area (Å²) in [7, 11) is 0. The van der Waals surface area contributed by atoms with Crippen LogP contribution in [0.15, 0.2) is 84.0 Å². The van der Waals surface area contributed by atoms with Gasteiger partial charge in [-0.1, -0.05) is 79.7 Å². The summed E-state index contributed by atoms with van der Waals surface area (Å²) in [6.45, 7) is 6.66. The molecule has 1 saturated heterocycles. The molecule has 0 saturated carbocycles. The van der Waals surface area contributed by atoms with Crippen molar-refractivity contribution in [2.45, 2.75) is 45.9 Å². The van der Waals surface area contributed by atoms with E-state index in [0.29, 0.717) is 42.8 Å². The van der Waals surface area contributed by atoms with Crippen LogP contribution in [-0.4, -0.2) is 53.2 Å². The number of nitroso groups, excluding NO2 is 1. The zero-order chi connectivity index (χ0) is 29.0. The number of hydrogen-bond donors (Lipinski definition) is 2. The predicted molar refractivity (Wildman–Crippen MR) is 163 cm³/mol. The van der Waals surface area contributed by atoms with Gasteiger partial charge in [-0.25, -0.2) is 4.98 Å². The Balaban J connectivity index is 0.00000189. The smallest absolute Gasteiger partial charge is 0.252 e. The van der Waals surface area contributed by atoms with Crippen molar-refractivity contribution in [1.82, 2.24) is 15.2 Å². The van der Waals surface area contributed by atoms with Crippen molar-refractivity contribution in [1.29, 1.82) is 0 Å². The molecule has 0 bridgehead atoms. The van der Waals surface area contributed by atoms with Gasteiger partial charge in [0.15, 0.2) is 0 Å². The summed E-state index contributed by atoms with van der Waals surface area (Å²) in [5, 5.41) is 16.8. The van der Waals surface area contributed by atoms with Crippen LogP contribution in [0.5, 0.6) is 5.75 Å². The molecule has 1 aromatic heterocycles. The number of aromatic nitrogens is 1. The fourth-order valence-corrected chi connectivity index (χ4v) is 4.99. The van der Waals surface area contributed by atoms with Crippen LogP contribution in [-0.2, 0) is 13.1 Å². The highest BCUT2D eigenvalue weighted by molar-refractivity contribution is 6.09. The second-order valence-electron chi connectivity index (χ2n) is 9.74. The molecule has 1 aliphatic rings. The standard InChI is InChI=1S/C31H32N4O4.C2H6/c36-24-13-16-35(17-14-24)21-27-29(31(37)32-20-22-7-3-1-4-8-22)26-12-11-25(39-18-15-33-38)19-28(26)34-30(27)23-9-5-2-6-10-23;1-2/h1-12,19,24,36H,13-18,20-21H2,(H,32,37);1-2H3. The lowest BCUT2D eigenvalue weighted by atomic mass is 9.94. The molecular formula is C33H38N4O4. The molecule has 4 aromatic rings. The summed E-state index contributed by atoms with van der Waals surface area (Å²) in [5.74, 6) is 0.389. The number of amides is 1. The van der Waals surface area contributed by atoms with Crippen molar-refractivity contribution in [2.75, 3.05) is 26.2 Å². The number of nitrogens with zero attached hydrogens (tertiary/aromatic N) is 3. The van der Waals surface area contributed by atoms with E-state index < -0.39 is 0 Å². The van der Waals surface area contributed by atoms with Gasteiger partial charge in [0.25, 0.3) is 5.91 Å². The average Bonchev–Trinajstić information content (AvgIpc) is 3.02. The molecule has 5 rings (SSSR count). The van der Waals surface area contributed by atoms with E-state index in [-0.39, 0.29) is 25.2 Å². The minimum absolute atomic E-state index is 0.0529. The normalized spacial score (nSPS) is 13.7. The molecule has 0 atom stereocenters.